The first-order valence-electron chi connectivity index (χ1n) is 7.85. The molecule has 1 N–H and O–H groups in total. The second-order valence-electron chi connectivity index (χ2n) is 6.17. The largest absolute Gasteiger partial charge is 0.362 e. The number of benzene rings is 2. The van der Waals surface area contributed by atoms with E-state index in [4.69, 9.17) is 0 Å². The van der Waals surface area contributed by atoms with Crippen LogP contribution in [0.5, 0.6) is 0 Å². The van der Waals surface area contributed by atoms with Crippen molar-refractivity contribution in [3.05, 3.63) is 65.7 Å². The zero-order valence-electron chi connectivity index (χ0n) is 12.9. The van der Waals surface area contributed by atoms with Crippen LogP contribution >= 0.6 is 0 Å². The fourth-order valence-electron chi connectivity index (χ4n) is 2.76. The molecule has 0 aliphatic carbocycles. The Morgan fingerprint density at radius 1 is 1.00 bits per heavy atom. The van der Waals surface area contributed by atoms with Crippen LogP contribution in [0.1, 0.15) is 30.9 Å². The lowest BCUT2D eigenvalue weighted by Gasteiger charge is -2.40. The van der Waals surface area contributed by atoms with Gasteiger partial charge in [-0.15, -0.1) is 0 Å². The SMILES string of the molecule is CC(C)c1ccc(N(Cc2ccccc2)C2CNC2)cc1. The molecule has 2 heteroatoms. The molecule has 2 aromatic carbocycles. The standard InChI is InChI=1S/C19H24N2/c1-15(2)17-8-10-18(11-9-17)21(19-12-20-13-19)14-16-6-4-3-5-7-16/h3-11,15,19-20H,12-14H2,1-2H3. The van der Waals surface area contributed by atoms with Gasteiger partial charge in [0.1, 0.15) is 0 Å². The van der Waals surface area contributed by atoms with E-state index in [1.165, 1.54) is 16.8 Å². The molecule has 0 unspecified atom stereocenters. The Bertz CT molecular complexity index is 556. The van der Waals surface area contributed by atoms with Gasteiger partial charge in [-0.2, -0.15) is 0 Å². The van der Waals surface area contributed by atoms with Crippen LogP contribution in [-0.4, -0.2) is 19.1 Å². The molecular formula is C19H24N2. The predicted molar refractivity (Wildman–Crippen MR) is 89.8 cm³/mol. The summed E-state index contributed by atoms with van der Waals surface area (Å²) in [4.78, 5) is 2.52. The van der Waals surface area contributed by atoms with Crippen molar-refractivity contribution in [3.8, 4) is 0 Å². The molecule has 0 saturated carbocycles. The molecule has 0 spiro atoms. The van der Waals surface area contributed by atoms with Crippen molar-refractivity contribution >= 4 is 5.69 Å². The van der Waals surface area contributed by atoms with Crippen LogP contribution in [0, 0.1) is 0 Å². The van der Waals surface area contributed by atoms with Gasteiger partial charge in [0.15, 0.2) is 0 Å². The maximum absolute atomic E-state index is 3.39. The molecule has 0 bridgehead atoms. The summed E-state index contributed by atoms with van der Waals surface area (Å²) in [6.07, 6.45) is 0. The minimum absolute atomic E-state index is 0.590. The highest BCUT2D eigenvalue weighted by atomic mass is 15.2. The highest BCUT2D eigenvalue weighted by molar-refractivity contribution is 5.50. The van der Waals surface area contributed by atoms with Gasteiger partial charge in [-0.3, -0.25) is 0 Å². The molecule has 1 saturated heterocycles. The minimum atomic E-state index is 0.590. The van der Waals surface area contributed by atoms with E-state index in [-0.39, 0.29) is 0 Å². The monoisotopic (exact) mass is 280 g/mol. The molecule has 1 heterocycles. The first-order chi connectivity index (χ1) is 10.2. The summed E-state index contributed by atoms with van der Waals surface area (Å²) in [7, 11) is 0. The molecule has 1 fully saturated rings. The van der Waals surface area contributed by atoms with Gasteiger partial charge in [0.2, 0.25) is 0 Å². The van der Waals surface area contributed by atoms with Gasteiger partial charge in [0.25, 0.3) is 0 Å². The van der Waals surface area contributed by atoms with Crippen molar-refractivity contribution in [2.45, 2.75) is 32.4 Å². The van der Waals surface area contributed by atoms with Crippen molar-refractivity contribution in [3.63, 3.8) is 0 Å². The number of rotatable bonds is 5. The maximum Gasteiger partial charge on any atom is 0.0542 e. The summed E-state index contributed by atoms with van der Waals surface area (Å²) >= 11 is 0. The molecule has 0 atom stereocenters. The van der Waals surface area contributed by atoms with Crippen molar-refractivity contribution in [1.82, 2.24) is 5.32 Å². The summed E-state index contributed by atoms with van der Waals surface area (Å²) in [5.41, 5.74) is 4.11. The number of nitrogens with zero attached hydrogens (tertiary/aromatic N) is 1. The molecule has 110 valence electrons. The first kappa shape index (κ1) is 14.2. The van der Waals surface area contributed by atoms with E-state index in [1.807, 2.05) is 0 Å². The average Bonchev–Trinajstić information content (AvgIpc) is 2.46. The van der Waals surface area contributed by atoms with Crippen LogP contribution in [0.2, 0.25) is 0 Å². The zero-order chi connectivity index (χ0) is 14.7. The van der Waals surface area contributed by atoms with Crippen LogP contribution in [-0.2, 0) is 6.54 Å². The molecule has 21 heavy (non-hydrogen) atoms. The summed E-state index contributed by atoms with van der Waals surface area (Å²) in [6.45, 7) is 7.63. The molecule has 1 aliphatic heterocycles. The van der Waals surface area contributed by atoms with E-state index < -0.39 is 0 Å². The van der Waals surface area contributed by atoms with Crippen LogP contribution in [0.4, 0.5) is 5.69 Å². The summed E-state index contributed by atoms with van der Waals surface area (Å²) in [6, 6.07) is 20.4. The quantitative estimate of drug-likeness (QED) is 0.896. The Morgan fingerprint density at radius 3 is 2.19 bits per heavy atom. The number of hydrogen-bond donors (Lipinski definition) is 1. The van der Waals surface area contributed by atoms with Gasteiger partial charge >= 0.3 is 0 Å². The normalized spacial score (nSPS) is 15.0. The Morgan fingerprint density at radius 2 is 1.67 bits per heavy atom. The van der Waals surface area contributed by atoms with Gasteiger partial charge in [0, 0.05) is 25.3 Å². The fraction of sp³-hybridized carbons (Fsp3) is 0.368. The third-order valence-corrected chi connectivity index (χ3v) is 4.29. The topological polar surface area (TPSA) is 15.3 Å². The molecule has 0 radical (unpaired) electrons. The highest BCUT2D eigenvalue weighted by Gasteiger charge is 2.24. The van der Waals surface area contributed by atoms with E-state index >= 15 is 0 Å². The molecule has 2 aromatic rings. The van der Waals surface area contributed by atoms with Gasteiger partial charge in [-0.05, 0) is 29.2 Å². The molecular weight excluding hydrogens is 256 g/mol. The van der Waals surface area contributed by atoms with E-state index in [1.54, 1.807) is 0 Å². The van der Waals surface area contributed by atoms with Crippen molar-refractivity contribution < 1.29 is 0 Å². The number of anilines is 1. The van der Waals surface area contributed by atoms with Crippen molar-refractivity contribution in [2.24, 2.45) is 0 Å². The third-order valence-electron chi connectivity index (χ3n) is 4.29. The lowest BCUT2D eigenvalue weighted by molar-refractivity contribution is 0.411. The lowest BCUT2D eigenvalue weighted by atomic mass is 10.0. The Balaban J connectivity index is 1.81. The second-order valence-corrected chi connectivity index (χ2v) is 6.17. The van der Waals surface area contributed by atoms with Crippen LogP contribution in [0.25, 0.3) is 0 Å². The van der Waals surface area contributed by atoms with Crippen molar-refractivity contribution in [2.75, 3.05) is 18.0 Å². The van der Waals surface area contributed by atoms with E-state index in [2.05, 4.69) is 78.7 Å². The Kier molecular flexibility index (Phi) is 4.26. The van der Waals surface area contributed by atoms with Gasteiger partial charge in [0.05, 0.1) is 6.04 Å². The van der Waals surface area contributed by atoms with Crippen LogP contribution in [0.3, 0.4) is 0 Å². The lowest BCUT2D eigenvalue weighted by Crippen LogP contribution is -2.57. The first-order valence-corrected chi connectivity index (χ1v) is 7.85. The van der Waals surface area contributed by atoms with E-state index in [9.17, 15) is 0 Å². The van der Waals surface area contributed by atoms with E-state index in [0.29, 0.717) is 12.0 Å². The maximum atomic E-state index is 3.39. The Labute approximate surface area is 127 Å². The number of nitrogens with one attached hydrogen (secondary N) is 1. The molecule has 3 rings (SSSR count). The van der Waals surface area contributed by atoms with Crippen LogP contribution < -0.4 is 10.2 Å². The summed E-state index contributed by atoms with van der Waals surface area (Å²) < 4.78 is 0. The van der Waals surface area contributed by atoms with Crippen LogP contribution in [0.15, 0.2) is 54.6 Å². The van der Waals surface area contributed by atoms with E-state index in [0.717, 1.165) is 19.6 Å². The summed E-state index contributed by atoms with van der Waals surface area (Å²) in [5.74, 6) is 0.590. The second kappa shape index (κ2) is 6.31. The zero-order valence-corrected chi connectivity index (χ0v) is 12.9. The summed E-state index contributed by atoms with van der Waals surface area (Å²) in [5, 5.41) is 3.39. The number of hydrogen-bond acceptors (Lipinski definition) is 2. The van der Waals surface area contributed by atoms with Crippen molar-refractivity contribution in [1.29, 1.82) is 0 Å². The van der Waals surface area contributed by atoms with Gasteiger partial charge in [-0.25, -0.2) is 0 Å². The average molecular weight is 280 g/mol. The molecule has 2 nitrogen and oxygen atoms in total. The third kappa shape index (κ3) is 3.27. The minimum Gasteiger partial charge on any atom is -0.362 e. The molecule has 1 aliphatic rings. The molecule has 0 aromatic heterocycles. The fourth-order valence-corrected chi connectivity index (χ4v) is 2.76. The Hall–Kier alpha value is -1.80. The predicted octanol–water partition coefficient (Wildman–Crippen LogP) is 3.79. The highest BCUT2D eigenvalue weighted by Crippen LogP contribution is 2.24. The van der Waals surface area contributed by atoms with Gasteiger partial charge < -0.3 is 10.2 Å². The van der Waals surface area contributed by atoms with Gasteiger partial charge in [-0.1, -0.05) is 56.3 Å². The molecule has 0 amide bonds. The smallest absolute Gasteiger partial charge is 0.0542 e.